The molecule has 0 unspecified atom stereocenters. The smallest absolute Gasteiger partial charge is 0.273 e. The minimum atomic E-state index is -0.0156. The van der Waals surface area contributed by atoms with Gasteiger partial charge in [-0.2, -0.15) is 0 Å². The Morgan fingerprint density at radius 1 is 1.00 bits per heavy atom. The third-order valence-corrected chi connectivity index (χ3v) is 9.64. The predicted molar refractivity (Wildman–Crippen MR) is 167 cm³/mol. The van der Waals surface area contributed by atoms with Crippen LogP contribution in [-0.4, -0.2) is 63.3 Å². The Morgan fingerprint density at radius 2 is 1.85 bits per heavy atom. The van der Waals surface area contributed by atoms with Gasteiger partial charge >= 0.3 is 0 Å². The molecule has 1 saturated heterocycles. The monoisotopic (exact) mass is 602 g/mol. The zero-order chi connectivity index (χ0) is 28.2. The number of ether oxygens (including phenoxy) is 1. The maximum Gasteiger partial charge on any atom is 0.273 e. The lowest BCUT2D eigenvalue weighted by Crippen LogP contribution is -2.49. The molecule has 1 fully saturated rings. The van der Waals surface area contributed by atoms with Gasteiger partial charge in [-0.25, -0.2) is 4.98 Å². The number of hydrogen-bond donors (Lipinski definition) is 0. The van der Waals surface area contributed by atoms with Gasteiger partial charge in [0.25, 0.3) is 5.91 Å². The van der Waals surface area contributed by atoms with E-state index in [1.165, 1.54) is 16.9 Å². The fraction of sp³-hybridized carbons (Fsp3) is 0.267. The first kappa shape index (κ1) is 27.5. The summed E-state index contributed by atoms with van der Waals surface area (Å²) in [7, 11) is 0. The first-order chi connectivity index (χ1) is 20.1. The van der Waals surface area contributed by atoms with Gasteiger partial charge in [0, 0.05) is 31.6 Å². The van der Waals surface area contributed by atoms with Crippen LogP contribution in [0.2, 0.25) is 0 Å². The number of aromatic nitrogens is 4. The number of aryl methyl sites for hydroxylation is 1. The lowest BCUT2D eigenvalue weighted by molar-refractivity contribution is 0.0741. The third-order valence-electron chi connectivity index (χ3n) is 6.80. The summed E-state index contributed by atoms with van der Waals surface area (Å²) in [6.45, 7) is 7.50. The molecule has 0 atom stereocenters. The average molecular weight is 603 g/mol. The van der Waals surface area contributed by atoms with Gasteiger partial charge < -0.3 is 14.5 Å². The molecule has 0 spiro atoms. The Labute approximate surface area is 251 Å². The van der Waals surface area contributed by atoms with E-state index in [1.807, 2.05) is 52.9 Å². The first-order valence-electron chi connectivity index (χ1n) is 13.5. The van der Waals surface area contributed by atoms with Crippen molar-refractivity contribution >= 4 is 46.0 Å². The van der Waals surface area contributed by atoms with E-state index in [4.69, 9.17) is 9.72 Å². The Balaban J connectivity index is 1.12. The summed E-state index contributed by atoms with van der Waals surface area (Å²) in [4.78, 5) is 23.3. The molecule has 0 N–H and O–H groups in total. The number of piperazine rings is 1. The second-order valence-corrected chi connectivity index (χ2v) is 12.4. The number of thiazole rings is 1. The van der Waals surface area contributed by atoms with Gasteiger partial charge in [0.05, 0.1) is 28.6 Å². The molecule has 1 aliphatic heterocycles. The molecular weight excluding hydrogens is 573 g/mol. The Bertz CT molecular complexity index is 1620. The van der Waals surface area contributed by atoms with Gasteiger partial charge in [-0.05, 0) is 55.1 Å². The molecule has 5 aromatic rings. The fourth-order valence-corrected chi connectivity index (χ4v) is 7.27. The third kappa shape index (κ3) is 6.02. The maximum absolute atomic E-state index is 13.3. The molecule has 0 aliphatic carbocycles. The summed E-state index contributed by atoms with van der Waals surface area (Å²) in [6, 6.07) is 20.5. The number of thiophene rings is 1. The molecule has 0 radical (unpaired) electrons. The zero-order valence-electron chi connectivity index (χ0n) is 22.9. The first-order valence-corrected chi connectivity index (χ1v) is 16.2. The number of para-hydroxylation sites is 2. The second-order valence-electron chi connectivity index (χ2n) is 9.55. The van der Waals surface area contributed by atoms with E-state index >= 15 is 0 Å². The van der Waals surface area contributed by atoms with Crippen molar-refractivity contribution in [2.75, 3.05) is 37.7 Å². The van der Waals surface area contributed by atoms with Crippen molar-refractivity contribution in [3.63, 3.8) is 0 Å². The van der Waals surface area contributed by atoms with Crippen molar-refractivity contribution in [1.82, 2.24) is 24.6 Å². The molecule has 210 valence electrons. The van der Waals surface area contributed by atoms with Crippen LogP contribution in [0, 0.1) is 6.92 Å². The van der Waals surface area contributed by atoms with Crippen LogP contribution in [0.1, 0.15) is 28.0 Å². The molecule has 4 heterocycles. The van der Waals surface area contributed by atoms with Crippen LogP contribution < -0.4 is 9.64 Å². The van der Waals surface area contributed by atoms with E-state index in [0.717, 1.165) is 51.1 Å². The van der Waals surface area contributed by atoms with Gasteiger partial charge in [0.15, 0.2) is 11.0 Å². The van der Waals surface area contributed by atoms with Crippen molar-refractivity contribution in [2.24, 2.45) is 0 Å². The van der Waals surface area contributed by atoms with Crippen molar-refractivity contribution in [2.45, 2.75) is 24.8 Å². The normalized spacial score (nSPS) is 13.5. The Hall–Kier alpha value is -3.67. The Morgan fingerprint density at radius 3 is 2.63 bits per heavy atom. The summed E-state index contributed by atoms with van der Waals surface area (Å²) in [5.41, 5.74) is 3.79. The number of rotatable bonds is 9. The molecule has 11 heteroatoms. The highest BCUT2D eigenvalue weighted by Gasteiger charge is 2.25. The van der Waals surface area contributed by atoms with Crippen molar-refractivity contribution in [3.8, 4) is 22.1 Å². The number of benzene rings is 2. The second kappa shape index (κ2) is 12.5. The topological polar surface area (TPSA) is 76.4 Å². The predicted octanol–water partition coefficient (Wildman–Crippen LogP) is 6.41. The summed E-state index contributed by atoms with van der Waals surface area (Å²) >= 11 is 4.74. The van der Waals surface area contributed by atoms with Crippen molar-refractivity contribution < 1.29 is 9.53 Å². The molecular formula is C30H30N6O2S3. The molecule has 8 nitrogen and oxygen atoms in total. The maximum atomic E-state index is 13.3. The van der Waals surface area contributed by atoms with E-state index < -0.39 is 0 Å². The minimum absolute atomic E-state index is 0.0156. The number of nitrogens with zero attached hydrogens (tertiary/aromatic N) is 6. The standard InChI is InChI=1S/C30H30N6O2S3/c1-3-38-25-11-5-4-10-24(25)34-13-15-35(16-14-34)29(37)23-19-40-27(31-23)20-41-30-33-32-28(26-12-7-17-39-26)36(30)22-9-6-8-21(2)18-22/h4-12,17-19H,3,13-16,20H2,1-2H3. The van der Waals surface area contributed by atoms with E-state index in [0.29, 0.717) is 31.1 Å². The van der Waals surface area contributed by atoms with Gasteiger partial charge in [-0.3, -0.25) is 9.36 Å². The summed E-state index contributed by atoms with van der Waals surface area (Å²) in [5, 5.41) is 14.7. The van der Waals surface area contributed by atoms with Gasteiger partial charge in [0.1, 0.15) is 16.5 Å². The van der Waals surface area contributed by atoms with E-state index in [2.05, 4.69) is 56.9 Å². The van der Waals surface area contributed by atoms with Crippen LogP contribution in [0.5, 0.6) is 5.75 Å². The van der Waals surface area contributed by atoms with Crippen LogP contribution in [-0.2, 0) is 5.75 Å². The fourth-order valence-electron chi connectivity index (χ4n) is 4.84. The van der Waals surface area contributed by atoms with Gasteiger partial charge in [-0.1, -0.05) is 42.1 Å². The molecule has 0 bridgehead atoms. The highest BCUT2D eigenvalue weighted by molar-refractivity contribution is 7.98. The van der Waals surface area contributed by atoms with Crippen molar-refractivity contribution in [3.05, 3.63) is 87.7 Å². The number of hydrogen-bond acceptors (Lipinski definition) is 9. The number of carbonyl (C=O) groups is 1. The van der Waals surface area contributed by atoms with Gasteiger partial charge in [-0.15, -0.1) is 32.9 Å². The molecule has 41 heavy (non-hydrogen) atoms. The minimum Gasteiger partial charge on any atom is -0.492 e. The van der Waals surface area contributed by atoms with Crippen LogP contribution in [0.4, 0.5) is 5.69 Å². The summed E-state index contributed by atoms with van der Waals surface area (Å²) in [6.07, 6.45) is 0. The molecule has 1 aliphatic rings. The van der Waals surface area contributed by atoms with Crippen molar-refractivity contribution in [1.29, 1.82) is 0 Å². The lowest BCUT2D eigenvalue weighted by Gasteiger charge is -2.36. The van der Waals surface area contributed by atoms with Gasteiger partial charge in [0.2, 0.25) is 0 Å². The van der Waals surface area contributed by atoms with E-state index in [9.17, 15) is 4.79 Å². The molecule has 3 aromatic heterocycles. The van der Waals surface area contributed by atoms with Crippen LogP contribution in [0.25, 0.3) is 16.4 Å². The SMILES string of the molecule is CCOc1ccccc1N1CCN(C(=O)c2csc(CSc3nnc(-c4cccs4)n3-c3cccc(C)c3)n2)CC1. The quantitative estimate of drug-likeness (QED) is 0.180. The molecule has 1 amide bonds. The average Bonchev–Trinajstić information content (AvgIpc) is 3.77. The number of amides is 1. The van der Waals surface area contributed by atoms with E-state index in [-0.39, 0.29) is 5.91 Å². The molecule has 6 rings (SSSR count). The number of anilines is 1. The molecule has 2 aromatic carbocycles. The lowest BCUT2D eigenvalue weighted by atomic mass is 10.2. The summed E-state index contributed by atoms with van der Waals surface area (Å²) < 4.78 is 7.91. The Kier molecular flexibility index (Phi) is 8.36. The van der Waals surface area contributed by atoms with Crippen LogP contribution in [0.3, 0.4) is 0 Å². The highest BCUT2D eigenvalue weighted by atomic mass is 32.2. The molecule has 0 saturated carbocycles. The summed E-state index contributed by atoms with van der Waals surface area (Å²) in [5.74, 6) is 2.30. The van der Waals surface area contributed by atoms with Crippen LogP contribution in [0.15, 0.2) is 76.6 Å². The van der Waals surface area contributed by atoms with Crippen LogP contribution >= 0.6 is 34.4 Å². The number of carbonyl (C=O) groups excluding carboxylic acids is 1. The zero-order valence-corrected chi connectivity index (χ0v) is 25.3. The van der Waals surface area contributed by atoms with E-state index in [1.54, 1.807) is 23.1 Å². The number of thioether (sulfide) groups is 1. The largest absolute Gasteiger partial charge is 0.492 e. The highest BCUT2D eigenvalue weighted by Crippen LogP contribution is 2.33.